The lowest BCUT2D eigenvalue weighted by atomic mass is 10.0. The molecular weight excluding hydrogens is 332 g/mol. The smallest absolute Gasteiger partial charge is 0.248 e. The summed E-state index contributed by atoms with van der Waals surface area (Å²) in [5.41, 5.74) is 0.962. The highest BCUT2D eigenvalue weighted by atomic mass is 16.3. The van der Waals surface area contributed by atoms with Crippen molar-refractivity contribution in [1.82, 2.24) is 19.9 Å². The number of carbonyl (C=O) groups is 2. The van der Waals surface area contributed by atoms with Crippen LogP contribution in [-0.2, 0) is 9.59 Å². The third-order valence-electron chi connectivity index (χ3n) is 5.75. The first-order chi connectivity index (χ1) is 12.4. The van der Waals surface area contributed by atoms with Gasteiger partial charge in [-0.25, -0.2) is 4.68 Å². The van der Waals surface area contributed by atoms with E-state index in [0.29, 0.717) is 18.8 Å². The summed E-state index contributed by atoms with van der Waals surface area (Å²) in [4.78, 5) is 27.1. The Labute approximate surface area is 154 Å². The van der Waals surface area contributed by atoms with Crippen molar-refractivity contribution in [2.45, 2.75) is 83.4 Å². The molecule has 0 spiro atoms. The molecule has 0 unspecified atom stereocenters. The van der Waals surface area contributed by atoms with Crippen molar-refractivity contribution in [1.29, 1.82) is 0 Å². The first kappa shape index (κ1) is 19.0. The fourth-order valence-corrected chi connectivity index (χ4v) is 4.31. The van der Waals surface area contributed by atoms with Crippen LogP contribution in [0.3, 0.4) is 0 Å². The third kappa shape index (κ3) is 3.68. The maximum atomic E-state index is 13.3. The average Bonchev–Trinajstić information content (AvgIpc) is 3.33. The van der Waals surface area contributed by atoms with Crippen LogP contribution < -0.4 is 0 Å². The Morgan fingerprint density at radius 2 is 2.00 bits per heavy atom. The monoisotopic (exact) mass is 362 g/mol. The molecule has 3 rings (SSSR count). The maximum absolute atomic E-state index is 13.3. The van der Waals surface area contributed by atoms with Crippen LogP contribution in [0.2, 0.25) is 0 Å². The highest BCUT2D eigenvalue weighted by Crippen LogP contribution is 2.34. The largest absolute Gasteiger partial charge is 0.391 e. The molecule has 3 atom stereocenters. The van der Waals surface area contributed by atoms with Crippen molar-refractivity contribution in [2.24, 2.45) is 5.92 Å². The van der Waals surface area contributed by atoms with Gasteiger partial charge in [0.15, 0.2) is 5.78 Å². The van der Waals surface area contributed by atoms with Crippen LogP contribution in [-0.4, -0.2) is 55.4 Å². The number of likely N-dealkylation sites (tertiary alicyclic amines) is 1. The van der Waals surface area contributed by atoms with Gasteiger partial charge in [-0.15, -0.1) is 5.10 Å². The SMILES string of the molecule is CCC(=O)[C@@H]1C[C@@H](O)CN1C(=O)[C@H](C(C)C)n1cc(C2CCCC2)nn1. The Bertz CT molecular complexity index is 651. The molecule has 144 valence electrons. The van der Waals surface area contributed by atoms with E-state index in [-0.39, 0.29) is 24.2 Å². The van der Waals surface area contributed by atoms with E-state index in [1.54, 1.807) is 16.5 Å². The molecule has 7 nitrogen and oxygen atoms in total. The normalized spacial score (nSPS) is 25.2. The summed E-state index contributed by atoms with van der Waals surface area (Å²) in [5.74, 6) is 0.305. The first-order valence-electron chi connectivity index (χ1n) is 9.85. The van der Waals surface area contributed by atoms with Crippen LogP contribution in [0.5, 0.6) is 0 Å². The number of amides is 1. The minimum atomic E-state index is -0.642. The number of nitrogens with zero attached hydrogens (tertiary/aromatic N) is 4. The van der Waals surface area contributed by atoms with Gasteiger partial charge in [-0.2, -0.15) is 0 Å². The van der Waals surface area contributed by atoms with E-state index in [2.05, 4.69) is 10.3 Å². The molecule has 1 aromatic heterocycles. The van der Waals surface area contributed by atoms with Gasteiger partial charge in [0, 0.05) is 31.5 Å². The predicted molar refractivity (Wildman–Crippen MR) is 96.5 cm³/mol. The van der Waals surface area contributed by atoms with Gasteiger partial charge in [0.2, 0.25) is 5.91 Å². The third-order valence-corrected chi connectivity index (χ3v) is 5.75. The molecule has 1 aliphatic carbocycles. The summed E-state index contributed by atoms with van der Waals surface area (Å²) < 4.78 is 1.67. The van der Waals surface area contributed by atoms with Gasteiger partial charge in [-0.05, 0) is 18.8 Å². The van der Waals surface area contributed by atoms with Crippen LogP contribution in [0.1, 0.15) is 76.9 Å². The second-order valence-electron chi connectivity index (χ2n) is 8.01. The highest BCUT2D eigenvalue weighted by Gasteiger charge is 2.42. The number of carbonyl (C=O) groups excluding carboxylic acids is 2. The number of aliphatic hydroxyl groups excluding tert-OH is 1. The van der Waals surface area contributed by atoms with Crippen molar-refractivity contribution in [2.75, 3.05) is 6.54 Å². The van der Waals surface area contributed by atoms with Crippen LogP contribution in [0.4, 0.5) is 0 Å². The van der Waals surface area contributed by atoms with Crippen LogP contribution >= 0.6 is 0 Å². The van der Waals surface area contributed by atoms with E-state index < -0.39 is 18.2 Å². The van der Waals surface area contributed by atoms with Crippen LogP contribution in [0, 0.1) is 5.92 Å². The Balaban J connectivity index is 1.83. The Morgan fingerprint density at radius 3 is 2.62 bits per heavy atom. The fraction of sp³-hybridized carbons (Fsp3) is 0.789. The Morgan fingerprint density at radius 1 is 1.31 bits per heavy atom. The van der Waals surface area contributed by atoms with Gasteiger partial charge in [0.1, 0.15) is 6.04 Å². The van der Waals surface area contributed by atoms with Crippen LogP contribution in [0.25, 0.3) is 0 Å². The van der Waals surface area contributed by atoms with Gasteiger partial charge in [-0.1, -0.05) is 38.8 Å². The number of β-amino-alcohol motifs (C(OH)–C–C–N with tert-alkyl or cyclic N) is 1. The quantitative estimate of drug-likeness (QED) is 0.837. The van der Waals surface area contributed by atoms with Crippen molar-refractivity contribution in [3.8, 4) is 0 Å². The average molecular weight is 362 g/mol. The molecule has 7 heteroatoms. The summed E-state index contributed by atoms with van der Waals surface area (Å²) in [5, 5.41) is 18.6. The predicted octanol–water partition coefficient (Wildman–Crippen LogP) is 2.07. The number of rotatable bonds is 6. The lowest BCUT2D eigenvalue weighted by molar-refractivity contribution is -0.141. The molecular formula is C19H30N4O3. The van der Waals surface area contributed by atoms with E-state index in [4.69, 9.17) is 0 Å². The fourth-order valence-electron chi connectivity index (χ4n) is 4.31. The molecule has 26 heavy (non-hydrogen) atoms. The van der Waals surface area contributed by atoms with Crippen molar-refractivity contribution >= 4 is 11.7 Å². The molecule has 0 radical (unpaired) electrons. The number of aliphatic hydroxyl groups is 1. The van der Waals surface area contributed by atoms with Crippen LogP contribution in [0.15, 0.2) is 6.20 Å². The number of ketones is 1. The van der Waals surface area contributed by atoms with Gasteiger partial charge in [0.05, 0.1) is 17.8 Å². The molecule has 1 saturated carbocycles. The second kappa shape index (κ2) is 7.86. The van der Waals surface area contributed by atoms with Crippen molar-refractivity contribution < 1.29 is 14.7 Å². The highest BCUT2D eigenvalue weighted by molar-refractivity contribution is 5.91. The Kier molecular flexibility index (Phi) is 5.75. The number of Topliss-reactive ketones (excluding diaryl/α,β-unsaturated/α-hetero) is 1. The standard InChI is InChI=1S/C19H30N4O3/c1-4-17(25)16-9-14(24)10-22(16)19(26)18(12(2)3)23-11-15(20-21-23)13-7-5-6-8-13/h11-14,16,18,24H,4-10H2,1-3H3/t14-,16+,18+/m1/s1. The number of hydrogen-bond donors (Lipinski definition) is 1. The second-order valence-corrected chi connectivity index (χ2v) is 8.01. The molecule has 0 aromatic carbocycles. The summed E-state index contributed by atoms with van der Waals surface area (Å²) in [6, 6.07) is -1.03. The van der Waals surface area contributed by atoms with E-state index in [0.717, 1.165) is 18.5 Å². The zero-order chi connectivity index (χ0) is 18.8. The van der Waals surface area contributed by atoms with E-state index in [1.807, 2.05) is 20.0 Å². The number of hydrogen-bond acceptors (Lipinski definition) is 5. The molecule has 2 heterocycles. The molecule has 0 bridgehead atoms. The van der Waals surface area contributed by atoms with Gasteiger partial charge in [0.25, 0.3) is 0 Å². The molecule has 1 saturated heterocycles. The summed E-state index contributed by atoms with van der Waals surface area (Å²) in [6.45, 7) is 5.95. The topological polar surface area (TPSA) is 88.3 Å². The van der Waals surface area contributed by atoms with E-state index in [9.17, 15) is 14.7 Å². The van der Waals surface area contributed by atoms with Gasteiger partial charge < -0.3 is 10.0 Å². The molecule has 1 N–H and O–H groups in total. The maximum Gasteiger partial charge on any atom is 0.248 e. The summed E-state index contributed by atoms with van der Waals surface area (Å²) >= 11 is 0. The molecule has 2 fully saturated rings. The Hall–Kier alpha value is -1.76. The minimum Gasteiger partial charge on any atom is -0.391 e. The van der Waals surface area contributed by atoms with E-state index >= 15 is 0 Å². The zero-order valence-electron chi connectivity index (χ0n) is 16.0. The van der Waals surface area contributed by atoms with Crippen molar-refractivity contribution in [3.63, 3.8) is 0 Å². The minimum absolute atomic E-state index is 0.00245. The molecule has 2 aliphatic rings. The number of aromatic nitrogens is 3. The van der Waals surface area contributed by atoms with Gasteiger partial charge >= 0.3 is 0 Å². The first-order valence-corrected chi connectivity index (χ1v) is 9.85. The molecule has 1 aliphatic heterocycles. The zero-order valence-corrected chi connectivity index (χ0v) is 16.0. The van der Waals surface area contributed by atoms with Gasteiger partial charge in [-0.3, -0.25) is 9.59 Å². The molecule has 1 aromatic rings. The summed E-state index contributed by atoms with van der Waals surface area (Å²) in [7, 11) is 0. The summed E-state index contributed by atoms with van der Waals surface area (Å²) in [6.07, 6.45) is 6.65. The lowest BCUT2D eigenvalue weighted by Crippen LogP contribution is -2.45. The van der Waals surface area contributed by atoms with Crippen molar-refractivity contribution in [3.05, 3.63) is 11.9 Å². The lowest BCUT2D eigenvalue weighted by Gasteiger charge is -2.29. The van der Waals surface area contributed by atoms with E-state index in [1.165, 1.54) is 12.8 Å². The molecule has 1 amide bonds.